The fourth-order valence-corrected chi connectivity index (χ4v) is 2.53. The zero-order valence-electron chi connectivity index (χ0n) is 11.9. The Morgan fingerprint density at radius 2 is 1.90 bits per heavy atom. The molecule has 7 heteroatoms. The van der Waals surface area contributed by atoms with Gasteiger partial charge in [-0.05, 0) is 5.56 Å². The summed E-state index contributed by atoms with van der Waals surface area (Å²) in [6.45, 7) is 4.69. The molecular weight excluding hydrogens is 274 g/mol. The molecule has 2 rings (SSSR count). The molecule has 1 aromatic rings. The summed E-state index contributed by atoms with van der Waals surface area (Å²) in [7, 11) is 0. The molecule has 1 aliphatic heterocycles. The zero-order chi connectivity index (χ0) is 15.2. The summed E-state index contributed by atoms with van der Waals surface area (Å²) in [6.07, 6.45) is -0.728. The van der Waals surface area contributed by atoms with Crippen LogP contribution in [0.15, 0.2) is 24.3 Å². The molecule has 0 radical (unpaired) electrons. The van der Waals surface area contributed by atoms with E-state index in [1.54, 1.807) is 12.1 Å². The van der Waals surface area contributed by atoms with Crippen molar-refractivity contribution in [2.45, 2.75) is 6.10 Å². The largest absolute Gasteiger partial charge is 0.395 e. The van der Waals surface area contributed by atoms with Crippen LogP contribution in [0.5, 0.6) is 0 Å². The third kappa shape index (κ3) is 4.47. The van der Waals surface area contributed by atoms with Crippen molar-refractivity contribution in [3.63, 3.8) is 0 Å². The quantitative estimate of drug-likeness (QED) is 0.577. The van der Waals surface area contributed by atoms with Crippen LogP contribution in [-0.2, 0) is 0 Å². The van der Waals surface area contributed by atoms with E-state index in [4.69, 9.17) is 5.11 Å². The molecule has 0 aliphatic carbocycles. The van der Waals surface area contributed by atoms with Crippen molar-refractivity contribution in [1.29, 1.82) is 0 Å². The summed E-state index contributed by atoms with van der Waals surface area (Å²) in [5, 5.41) is 29.9. The van der Waals surface area contributed by atoms with Crippen LogP contribution in [0.2, 0.25) is 0 Å². The second kappa shape index (κ2) is 7.46. The minimum Gasteiger partial charge on any atom is -0.395 e. The minimum atomic E-state index is -0.728. The number of non-ortho nitro benzene ring substituents is 1. The number of nitrogens with zero attached hydrogens (tertiary/aromatic N) is 3. The molecule has 1 unspecified atom stereocenters. The Bertz CT molecular complexity index is 475. The van der Waals surface area contributed by atoms with Crippen molar-refractivity contribution in [2.24, 2.45) is 0 Å². The van der Waals surface area contributed by atoms with Gasteiger partial charge in [-0.2, -0.15) is 0 Å². The Morgan fingerprint density at radius 1 is 1.24 bits per heavy atom. The highest BCUT2D eigenvalue weighted by molar-refractivity contribution is 5.35. The molecule has 1 fully saturated rings. The maximum atomic E-state index is 10.8. The van der Waals surface area contributed by atoms with Crippen LogP contribution in [0.4, 0.5) is 5.69 Å². The van der Waals surface area contributed by atoms with Gasteiger partial charge in [0.2, 0.25) is 0 Å². The van der Waals surface area contributed by atoms with Crippen molar-refractivity contribution in [1.82, 2.24) is 9.80 Å². The van der Waals surface area contributed by atoms with E-state index in [-0.39, 0.29) is 12.3 Å². The predicted molar refractivity (Wildman–Crippen MR) is 78.0 cm³/mol. The Hall–Kier alpha value is -1.54. The lowest BCUT2D eigenvalue weighted by atomic mass is 10.1. The Balaban J connectivity index is 1.89. The molecule has 0 aromatic heterocycles. The molecule has 0 amide bonds. The van der Waals surface area contributed by atoms with Gasteiger partial charge >= 0.3 is 0 Å². The smallest absolute Gasteiger partial charge is 0.269 e. The molecule has 21 heavy (non-hydrogen) atoms. The molecule has 7 nitrogen and oxygen atoms in total. The first-order valence-electron chi connectivity index (χ1n) is 7.08. The molecule has 1 heterocycles. The molecule has 1 aromatic carbocycles. The molecule has 1 saturated heterocycles. The first-order chi connectivity index (χ1) is 10.1. The van der Waals surface area contributed by atoms with E-state index in [9.17, 15) is 15.2 Å². The van der Waals surface area contributed by atoms with Crippen LogP contribution in [0.25, 0.3) is 0 Å². The van der Waals surface area contributed by atoms with E-state index in [1.165, 1.54) is 12.1 Å². The second-order valence-electron chi connectivity index (χ2n) is 5.23. The van der Waals surface area contributed by atoms with Gasteiger partial charge in [-0.25, -0.2) is 0 Å². The van der Waals surface area contributed by atoms with Gasteiger partial charge in [0.1, 0.15) is 0 Å². The SMILES string of the molecule is O=[N+]([O-])c1cccc(C(O)CN2CCN(CCO)CC2)c1. The molecule has 116 valence electrons. The third-order valence-corrected chi connectivity index (χ3v) is 3.78. The van der Waals surface area contributed by atoms with Crippen LogP contribution < -0.4 is 0 Å². The fourth-order valence-electron chi connectivity index (χ4n) is 2.53. The number of aliphatic hydroxyl groups is 2. The highest BCUT2D eigenvalue weighted by atomic mass is 16.6. The number of benzene rings is 1. The lowest BCUT2D eigenvalue weighted by Crippen LogP contribution is -2.48. The van der Waals surface area contributed by atoms with Gasteiger partial charge in [-0.1, -0.05) is 12.1 Å². The lowest BCUT2D eigenvalue weighted by molar-refractivity contribution is -0.385. The highest BCUT2D eigenvalue weighted by Gasteiger charge is 2.20. The van der Waals surface area contributed by atoms with Crippen LogP contribution in [0.1, 0.15) is 11.7 Å². The molecule has 1 aliphatic rings. The van der Waals surface area contributed by atoms with E-state index in [0.717, 1.165) is 26.2 Å². The van der Waals surface area contributed by atoms with Gasteiger partial charge in [0, 0.05) is 51.4 Å². The number of hydrogen-bond acceptors (Lipinski definition) is 6. The molecule has 0 bridgehead atoms. The van der Waals surface area contributed by atoms with Crippen LogP contribution in [0, 0.1) is 10.1 Å². The van der Waals surface area contributed by atoms with Gasteiger partial charge in [0.05, 0.1) is 17.6 Å². The van der Waals surface area contributed by atoms with E-state index in [0.29, 0.717) is 18.7 Å². The zero-order valence-corrected chi connectivity index (χ0v) is 11.9. The van der Waals surface area contributed by atoms with Crippen molar-refractivity contribution in [3.8, 4) is 0 Å². The summed E-state index contributed by atoms with van der Waals surface area (Å²) in [5.74, 6) is 0. The fraction of sp³-hybridized carbons (Fsp3) is 0.571. The van der Waals surface area contributed by atoms with Crippen molar-refractivity contribution < 1.29 is 15.1 Å². The monoisotopic (exact) mass is 295 g/mol. The van der Waals surface area contributed by atoms with Crippen LogP contribution in [0.3, 0.4) is 0 Å². The predicted octanol–water partition coefficient (Wildman–Crippen LogP) is 0.238. The van der Waals surface area contributed by atoms with Gasteiger partial charge in [0.25, 0.3) is 5.69 Å². The molecule has 0 saturated carbocycles. The Kier molecular flexibility index (Phi) is 5.63. The van der Waals surface area contributed by atoms with E-state index in [2.05, 4.69) is 9.80 Å². The summed E-state index contributed by atoms with van der Waals surface area (Å²) in [6, 6.07) is 6.14. The number of piperazine rings is 1. The topological polar surface area (TPSA) is 90.1 Å². The van der Waals surface area contributed by atoms with E-state index in [1.807, 2.05) is 0 Å². The summed E-state index contributed by atoms with van der Waals surface area (Å²) >= 11 is 0. The van der Waals surface area contributed by atoms with Crippen molar-refractivity contribution in [3.05, 3.63) is 39.9 Å². The molecular formula is C14H21N3O4. The van der Waals surface area contributed by atoms with Gasteiger partial charge in [-0.3, -0.25) is 19.9 Å². The number of rotatable bonds is 6. The van der Waals surface area contributed by atoms with Gasteiger partial charge in [-0.15, -0.1) is 0 Å². The molecule has 1 atom stereocenters. The van der Waals surface area contributed by atoms with Gasteiger partial charge < -0.3 is 10.2 Å². The highest BCUT2D eigenvalue weighted by Crippen LogP contribution is 2.20. The third-order valence-electron chi connectivity index (χ3n) is 3.78. The average molecular weight is 295 g/mol. The minimum absolute atomic E-state index is 0.000634. The number of aliphatic hydroxyl groups excluding tert-OH is 2. The number of nitro groups is 1. The average Bonchev–Trinajstić information content (AvgIpc) is 2.49. The number of hydrogen-bond donors (Lipinski definition) is 2. The first-order valence-corrected chi connectivity index (χ1v) is 7.08. The number of nitro benzene ring substituents is 1. The first kappa shape index (κ1) is 15.8. The van der Waals surface area contributed by atoms with Crippen molar-refractivity contribution >= 4 is 5.69 Å². The molecule has 0 spiro atoms. The maximum Gasteiger partial charge on any atom is 0.269 e. The second-order valence-corrected chi connectivity index (χ2v) is 5.23. The van der Waals surface area contributed by atoms with Crippen LogP contribution >= 0.6 is 0 Å². The Morgan fingerprint density at radius 3 is 2.52 bits per heavy atom. The Labute approximate surface area is 123 Å². The standard InChI is InChI=1S/C14H21N3O4/c18-9-8-15-4-6-16(7-5-15)11-14(19)12-2-1-3-13(10-12)17(20)21/h1-3,10,14,18-19H,4-9,11H2. The lowest BCUT2D eigenvalue weighted by Gasteiger charge is -2.35. The summed E-state index contributed by atoms with van der Waals surface area (Å²) < 4.78 is 0. The number of β-amino-alcohol motifs (C(OH)–C–C–N with tert-alkyl or cyclic N) is 2. The van der Waals surface area contributed by atoms with Crippen LogP contribution in [-0.4, -0.2) is 70.8 Å². The normalized spacial score (nSPS) is 18.6. The summed E-state index contributed by atoms with van der Waals surface area (Å²) in [4.78, 5) is 14.6. The van der Waals surface area contributed by atoms with Crippen molar-refractivity contribution in [2.75, 3.05) is 45.9 Å². The van der Waals surface area contributed by atoms with E-state index >= 15 is 0 Å². The maximum absolute atomic E-state index is 10.8. The van der Waals surface area contributed by atoms with Gasteiger partial charge in [0.15, 0.2) is 0 Å². The molecule has 2 N–H and O–H groups in total. The van der Waals surface area contributed by atoms with E-state index < -0.39 is 11.0 Å². The summed E-state index contributed by atoms with van der Waals surface area (Å²) in [5.41, 5.74) is 0.571.